The zero-order valence-electron chi connectivity index (χ0n) is 7.41. The summed E-state index contributed by atoms with van der Waals surface area (Å²) >= 11 is 0. The fourth-order valence-electron chi connectivity index (χ4n) is 1.07. The second-order valence-corrected chi connectivity index (χ2v) is 3.48. The van der Waals surface area contributed by atoms with Crippen LogP contribution < -0.4 is 0 Å². The van der Waals surface area contributed by atoms with Gasteiger partial charge in [-0.3, -0.25) is 0 Å². The lowest BCUT2D eigenvalue weighted by Gasteiger charge is -2.15. The maximum atomic E-state index is 5.66. The Kier molecular flexibility index (Phi) is 2.90. The third-order valence-corrected chi connectivity index (χ3v) is 1.86. The molecule has 1 aliphatic heterocycles. The topological polar surface area (TPSA) is 18.5 Å². The van der Waals surface area contributed by atoms with Crippen LogP contribution in [0.25, 0.3) is 0 Å². The van der Waals surface area contributed by atoms with Crippen molar-refractivity contribution < 1.29 is 9.47 Å². The maximum Gasteiger partial charge on any atom is 0.160 e. The van der Waals surface area contributed by atoms with Gasteiger partial charge in [0, 0.05) is 5.92 Å². The van der Waals surface area contributed by atoms with Crippen molar-refractivity contribution in [1.82, 2.24) is 0 Å². The van der Waals surface area contributed by atoms with Crippen LogP contribution in [0.15, 0.2) is 0 Å². The third kappa shape index (κ3) is 2.17. The van der Waals surface area contributed by atoms with E-state index in [1.54, 1.807) is 0 Å². The first kappa shape index (κ1) is 9.01. The van der Waals surface area contributed by atoms with Crippen LogP contribution in [0.1, 0.15) is 20.8 Å². The Hall–Kier alpha value is -0.0800. The summed E-state index contributed by atoms with van der Waals surface area (Å²) in [6.45, 7) is 12.4. The maximum absolute atomic E-state index is 5.66. The summed E-state index contributed by atoms with van der Waals surface area (Å²) in [7, 11) is 0. The van der Waals surface area contributed by atoms with E-state index in [0.29, 0.717) is 12.5 Å². The Morgan fingerprint density at radius 1 is 1.36 bits per heavy atom. The van der Waals surface area contributed by atoms with Gasteiger partial charge in [-0.15, -0.1) is 0 Å². The molecule has 2 nitrogen and oxygen atoms in total. The predicted molar refractivity (Wildman–Crippen MR) is 42.9 cm³/mol. The lowest BCUT2D eigenvalue weighted by Crippen LogP contribution is -2.21. The summed E-state index contributed by atoms with van der Waals surface area (Å²) < 4.78 is 10.9. The zero-order valence-corrected chi connectivity index (χ0v) is 7.41. The smallest absolute Gasteiger partial charge is 0.160 e. The van der Waals surface area contributed by atoms with Gasteiger partial charge in [0.15, 0.2) is 6.29 Å². The van der Waals surface area contributed by atoms with Gasteiger partial charge in [0.2, 0.25) is 0 Å². The van der Waals surface area contributed by atoms with Crippen molar-refractivity contribution in [3.05, 3.63) is 6.92 Å². The summed E-state index contributed by atoms with van der Waals surface area (Å²) in [5, 5.41) is 0. The van der Waals surface area contributed by atoms with E-state index in [9.17, 15) is 0 Å². The standard InChI is InChI=1S/C9H16O2/c1-6(2)8-5-10-9(11-8)7(3)4/h1,6-9H,5H2,2-4H3. The van der Waals surface area contributed by atoms with Gasteiger partial charge in [-0.25, -0.2) is 0 Å². The molecule has 1 saturated heterocycles. The molecule has 3 unspecified atom stereocenters. The minimum atomic E-state index is -0.0500. The molecule has 64 valence electrons. The first-order valence-corrected chi connectivity index (χ1v) is 4.14. The van der Waals surface area contributed by atoms with Crippen LogP contribution in [0.3, 0.4) is 0 Å². The number of rotatable bonds is 2. The quantitative estimate of drug-likeness (QED) is 0.606. The van der Waals surface area contributed by atoms with E-state index in [2.05, 4.69) is 13.8 Å². The van der Waals surface area contributed by atoms with Crippen LogP contribution in [-0.4, -0.2) is 19.0 Å². The highest BCUT2D eigenvalue weighted by Gasteiger charge is 2.29. The van der Waals surface area contributed by atoms with Gasteiger partial charge in [0.05, 0.1) is 12.7 Å². The Morgan fingerprint density at radius 3 is 2.27 bits per heavy atom. The average molecular weight is 156 g/mol. The van der Waals surface area contributed by atoms with Gasteiger partial charge in [-0.2, -0.15) is 0 Å². The molecule has 0 saturated carbocycles. The summed E-state index contributed by atoms with van der Waals surface area (Å²) in [6.07, 6.45) is 0.0356. The second-order valence-electron chi connectivity index (χ2n) is 3.48. The number of ether oxygens (including phenoxy) is 2. The van der Waals surface area contributed by atoms with Crippen molar-refractivity contribution in [3.63, 3.8) is 0 Å². The number of hydrogen-bond donors (Lipinski definition) is 0. The Bertz CT molecular complexity index is 107. The molecule has 1 heterocycles. The van der Waals surface area contributed by atoms with Gasteiger partial charge in [-0.1, -0.05) is 20.8 Å². The molecule has 11 heavy (non-hydrogen) atoms. The molecule has 0 aromatic carbocycles. The molecule has 1 aliphatic rings. The first-order valence-electron chi connectivity index (χ1n) is 4.14. The van der Waals surface area contributed by atoms with Gasteiger partial charge in [-0.05, 0) is 12.8 Å². The average Bonchev–Trinajstić information content (AvgIpc) is 2.33. The molecule has 0 aromatic rings. The summed E-state index contributed by atoms with van der Waals surface area (Å²) in [6, 6.07) is 0. The molecular formula is C9H16O2. The molecule has 0 N–H and O–H groups in total. The highest BCUT2D eigenvalue weighted by Crippen LogP contribution is 2.22. The van der Waals surface area contributed by atoms with Crippen molar-refractivity contribution >= 4 is 0 Å². The van der Waals surface area contributed by atoms with Crippen molar-refractivity contribution in [2.24, 2.45) is 11.8 Å². The molecule has 0 aromatic heterocycles. The van der Waals surface area contributed by atoms with Gasteiger partial charge < -0.3 is 9.47 Å². The largest absolute Gasteiger partial charge is 0.350 e. The van der Waals surface area contributed by atoms with Gasteiger partial charge >= 0.3 is 0 Å². The first-order chi connectivity index (χ1) is 5.11. The lowest BCUT2D eigenvalue weighted by atomic mass is 10.1. The molecule has 1 fully saturated rings. The Balaban J connectivity index is 2.35. The monoisotopic (exact) mass is 156 g/mol. The zero-order chi connectivity index (χ0) is 8.43. The molecular weight excluding hydrogens is 140 g/mol. The molecule has 3 atom stereocenters. The van der Waals surface area contributed by atoms with Gasteiger partial charge in [0.25, 0.3) is 0 Å². The van der Waals surface area contributed by atoms with Crippen molar-refractivity contribution in [1.29, 1.82) is 0 Å². The van der Waals surface area contributed by atoms with Crippen LogP contribution in [0, 0.1) is 18.8 Å². The second kappa shape index (κ2) is 3.55. The number of hydrogen-bond acceptors (Lipinski definition) is 2. The minimum Gasteiger partial charge on any atom is -0.350 e. The highest BCUT2D eigenvalue weighted by molar-refractivity contribution is 4.73. The molecule has 0 aliphatic carbocycles. The van der Waals surface area contributed by atoms with Crippen LogP contribution in [0.4, 0.5) is 0 Å². The summed E-state index contributed by atoms with van der Waals surface area (Å²) in [5.41, 5.74) is 0. The lowest BCUT2D eigenvalue weighted by molar-refractivity contribution is -0.0914. The molecule has 2 heteroatoms. The predicted octanol–water partition coefficient (Wildman–Crippen LogP) is 1.73. The van der Waals surface area contributed by atoms with E-state index in [-0.39, 0.29) is 18.3 Å². The minimum absolute atomic E-state index is 0.0500. The molecule has 0 spiro atoms. The highest BCUT2D eigenvalue weighted by atomic mass is 16.7. The van der Waals surface area contributed by atoms with Gasteiger partial charge in [0.1, 0.15) is 0 Å². The molecule has 2 radical (unpaired) electrons. The van der Waals surface area contributed by atoms with Crippen molar-refractivity contribution in [2.75, 3.05) is 6.61 Å². The van der Waals surface area contributed by atoms with E-state index in [0.717, 1.165) is 0 Å². The van der Waals surface area contributed by atoms with E-state index >= 15 is 0 Å². The SMILES string of the molecule is [CH]C(C)C1COC(C(C)C)O1. The van der Waals surface area contributed by atoms with E-state index in [4.69, 9.17) is 16.4 Å². The van der Waals surface area contributed by atoms with Crippen LogP contribution in [0.5, 0.6) is 0 Å². The molecule has 0 amide bonds. The fraction of sp³-hybridized carbons (Fsp3) is 0.889. The Labute approximate surface area is 68.9 Å². The summed E-state index contributed by atoms with van der Waals surface area (Å²) in [5.74, 6) is 0.484. The van der Waals surface area contributed by atoms with Crippen LogP contribution in [-0.2, 0) is 9.47 Å². The fourth-order valence-corrected chi connectivity index (χ4v) is 1.07. The molecule has 1 rings (SSSR count). The van der Waals surface area contributed by atoms with E-state index in [1.807, 2.05) is 6.92 Å². The molecule has 0 bridgehead atoms. The van der Waals surface area contributed by atoms with Crippen LogP contribution >= 0.6 is 0 Å². The third-order valence-electron chi connectivity index (χ3n) is 1.86. The van der Waals surface area contributed by atoms with E-state index < -0.39 is 0 Å². The van der Waals surface area contributed by atoms with Crippen LogP contribution in [0.2, 0.25) is 0 Å². The Morgan fingerprint density at radius 2 is 2.00 bits per heavy atom. The van der Waals surface area contributed by atoms with Crippen molar-refractivity contribution in [3.8, 4) is 0 Å². The van der Waals surface area contributed by atoms with E-state index in [1.165, 1.54) is 0 Å². The normalized spacial score (nSPS) is 32.2. The summed E-state index contributed by atoms with van der Waals surface area (Å²) in [4.78, 5) is 0. The van der Waals surface area contributed by atoms with Crippen molar-refractivity contribution in [2.45, 2.75) is 33.2 Å².